The van der Waals surface area contributed by atoms with E-state index in [1.54, 1.807) is 24.6 Å². The lowest BCUT2D eigenvalue weighted by atomic mass is 10.0. The first-order chi connectivity index (χ1) is 12.5. The Bertz CT molecular complexity index is 1140. The quantitative estimate of drug-likeness (QED) is 0.697. The first-order valence-electron chi connectivity index (χ1n) is 8.08. The summed E-state index contributed by atoms with van der Waals surface area (Å²) >= 11 is 0. The van der Waals surface area contributed by atoms with E-state index in [1.807, 2.05) is 48.5 Å². The highest BCUT2D eigenvalue weighted by Gasteiger charge is 2.19. The van der Waals surface area contributed by atoms with E-state index < -0.39 is 9.84 Å². The van der Waals surface area contributed by atoms with Crippen LogP contribution in [0.3, 0.4) is 0 Å². The van der Waals surface area contributed by atoms with Gasteiger partial charge in [0.25, 0.3) is 0 Å². The van der Waals surface area contributed by atoms with Crippen molar-refractivity contribution in [2.75, 3.05) is 6.26 Å². The van der Waals surface area contributed by atoms with Gasteiger partial charge in [0.2, 0.25) is 0 Å². The zero-order valence-electron chi connectivity index (χ0n) is 14.0. The second kappa shape index (κ2) is 6.38. The maximum Gasteiger partial charge on any atom is 0.179 e. The van der Waals surface area contributed by atoms with Crippen molar-refractivity contribution in [3.63, 3.8) is 0 Å². The Morgan fingerprint density at radius 1 is 0.885 bits per heavy atom. The molecular weight excluding hydrogens is 348 g/mol. The largest absolute Gasteiger partial charge is 0.456 e. The fourth-order valence-electron chi connectivity index (χ4n) is 2.90. The van der Waals surface area contributed by atoms with Gasteiger partial charge >= 0.3 is 0 Å². The number of nitrogens with zero attached hydrogens (tertiary/aromatic N) is 2. The lowest BCUT2D eigenvalue weighted by Gasteiger charge is -2.13. The van der Waals surface area contributed by atoms with Crippen LogP contribution in [0, 0.1) is 0 Å². The third kappa shape index (κ3) is 3.23. The van der Waals surface area contributed by atoms with Gasteiger partial charge in [0.15, 0.2) is 9.84 Å². The molecule has 0 atom stereocenters. The predicted molar refractivity (Wildman–Crippen MR) is 103 cm³/mol. The van der Waals surface area contributed by atoms with Crippen LogP contribution in [-0.4, -0.2) is 27.1 Å². The van der Waals surface area contributed by atoms with Gasteiger partial charge in [0.1, 0.15) is 16.4 Å². The second-order valence-corrected chi connectivity index (χ2v) is 8.13. The van der Waals surface area contributed by atoms with Crippen molar-refractivity contribution < 1.29 is 13.2 Å². The molecule has 1 aliphatic heterocycles. The zero-order valence-corrected chi connectivity index (χ0v) is 14.8. The van der Waals surface area contributed by atoms with Crippen molar-refractivity contribution in [3.8, 4) is 11.5 Å². The first-order valence-corrected chi connectivity index (χ1v) is 9.97. The minimum absolute atomic E-state index is 0.120. The van der Waals surface area contributed by atoms with Crippen LogP contribution in [0.5, 0.6) is 11.5 Å². The smallest absolute Gasteiger partial charge is 0.179 e. The molecule has 3 aromatic carbocycles. The molecule has 1 heterocycles. The maximum atomic E-state index is 12.3. The van der Waals surface area contributed by atoms with Crippen molar-refractivity contribution in [1.82, 2.24) is 0 Å². The third-order valence-electron chi connectivity index (χ3n) is 4.22. The number of benzene rings is 3. The SMILES string of the molecule is CS(=O)(=O)c1cc(C2C=NN=C2)ccc1Oc1ccc2ccccc2c1. The van der Waals surface area contributed by atoms with Gasteiger partial charge < -0.3 is 4.74 Å². The molecule has 0 N–H and O–H groups in total. The molecule has 0 aliphatic carbocycles. The van der Waals surface area contributed by atoms with E-state index in [9.17, 15) is 8.42 Å². The predicted octanol–water partition coefficient (Wildman–Crippen LogP) is 4.19. The molecule has 4 rings (SSSR count). The summed E-state index contributed by atoms with van der Waals surface area (Å²) in [6, 6.07) is 18.7. The van der Waals surface area contributed by atoms with Crippen LogP contribution >= 0.6 is 0 Å². The summed E-state index contributed by atoms with van der Waals surface area (Å²) in [5, 5.41) is 9.76. The van der Waals surface area contributed by atoms with E-state index in [-0.39, 0.29) is 10.8 Å². The molecule has 1 aliphatic rings. The van der Waals surface area contributed by atoms with Crippen LogP contribution in [0.2, 0.25) is 0 Å². The van der Waals surface area contributed by atoms with Crippen molar-refractivity contribution in [3.05, 3.63) is 66.2 Å². The Morgan fingerprint density at radius 3 is 2.35 bits per heavy atom. The molecule has 0 radical (unpaired) electrons. The lowest BCUT2D eigenvalue weighted by Crippen LogP contribution is -2.05. The van der Waals surface area contributed by atoms with E-state index in [1.165, 1.54) is 6.26 Å². The average molecular weight is 364 g/mol. The average Bonchev–Trinajstić information content (AvgIpc) is 3.16. The van der Waals surface area contributed by atoms with Crippen molar-refractivity contribution in [2.45, 2.75) is 10.8 Å². The summed E-state index contributed by atoms with van der Waals surface area (Å²) in [4.78, 5) is 0.150. The summed E-state index contributed by atoms with van der Waals surface area (Å²) in [5.74, 6) is 0.772. The molecule has 5 nitrogen and oxygen atoms in total. The number of fused-ring (bicyclic) bond motifs is 1. The highest BCUT2D eigenvalue weighted by atomic mass is 32.2. The van der Waals surface area contributed by atoms with Crippen molar-refractivity contribution in [2.24, 2.45) is 10.2 Å². The molecule has 0 aromatic heterocycles. The first kappa shape index (κ1) is 16.5. The Kier molecular flexibility index (Phi) is 4.05. The number of hydrogen-bond donors (Lipinski definition) is 0. The maximum absolute atomic E-state index is 12.3. The minimum Gasteiger partial charge on any atom is -0.456 e. The zero-order chi connectivity index (χ0) is 18.1. The molecule has 0 saturated carbocycles. The summed E-state index contributed by atoms with van der Waals surface area (Å²) in [6.45, 7) is 0. The summed E-state index contributed by atoms with van der Waals surface area (Å²) in [7, 11) is -3.46. The van der Waals surface area contributed by atoms with E-state index in [2.05, 4.69) is 10.2 Å². The molecule has 26 heavy (non-hydrogen) atoms. The van der Waals surface area contributed by atoms with E-state index >= 15 is 0 Å². The van der Waals surface area contributed by atoms with Crippen LogP contribution in [0.15, 0.2) is 75.8 Å². The van der Waals surface area contributed by atoms with Crippen LogP contribution in [0.25, 0.3) is 10.8 Å². The number of rotatable bonds is 4. The molecule has 3 aromatic rings. The number of ether oxygens (including phenoxy) is 1. The van der Waals surface area contributed by atoms with Crippen molar-refractivity contribution in [1.29, 1.82) is 0 Å². The fraction of sp³-hybridized carbons (Fsp3) is 0.100. The van der Waals surface area contributed by atoms with Crippen molar-refractivity contribution >= 4 is 33.0 Å². The van der Waals surface area contributed by atoms with Crippen LogP contribution < -0.4 is 4.74 Å². The lowest BCUT2D eigenvalue weighted by molar-refractivity contribution is 0.468. The summed E-state index contributed by atoms with van der Waals surface area (Å²) in [5.41, 5.74) is 0.807. The second-order valence-electron chi connectivity index (χ2n) is 6.14. The molecule has 0 saturated heterocycles. The highest BCUT2D eigenvalue weighted by Crippen LogP contribution is 2.33. The van der Waals surface area contributed by atoms with Crippen LogP contribution in [-0.2, 0) is 9.84 Å². The molecule has 0 amide bonds. The van der Waals surface area contributed by atoms with E-state index in [0.717, 1.165) is 16.3 Å². The van der Waals surface area contributed by atoms with Gasteiger partial charge in [-0.1, -0.05) is 36.4 Å². The molecule has 0 spiro atoms. The topological polar surface area (TPSA) is 68.1 Å². The fourth-order valence-corrected chi connectivity index (χ4v) is 3.72. The van der Waals surface area contributed by atoms with Gasteiger partial charge in [-0.15, -0.1) is 0 Å². The molecule has 0 fully saturated rings. The highest BCUT2D eigenvalue weighted by molar-refractivity contribution is 7.90. The molecule has 6 heteroatoms. The summed E-state index contributed by atoms with van der Waals surface area (Å²) in [6.07, 6.45) is 4.52. The van der Waals surface area contributed by atoms with Crippen LogP contribution in [0.1, 0.15) is 11.5 Å². The van der Waals surface area contributed by atoms with Gasteiger partial charge in [-0.05, 0) is 40.6 Å². The monoisotopic (exact) mass is 364 g/mol. The molecular formula is C20H16N2O3S. The molecule has 0 bridgehead atoms. The van der Waals surface area contributed by atoms with E-state index in [4.69, 9.17) is 4.74 Å². The standard InChI is InChI=1S/C20H16N2O3S/c1-26(23,24)20-11-16(17-12-21-22-13-17)7-9-19(20)25-18-8-6-14-4-2-3-5-15(14)10-18/h2-13,17H,1H3. The van der Waals surface area contributed by atoms with Gasteiger partial charge in [-0.3, -0.25) is 0 Å². The third-order valence-corrected chi connectivity index (χ3v) is 5.34. The summed E-state index contributed by atoms with van der Waals surface area (Å²) < 4.78 is 30.5. The Morgan fingerprint density at radius 2 is 1.62 bits per heavy atom. The van der Waals surface area contributed by atoms with E-state index in [0.29, 0.717) is 11.5 Å². The molecule has 0 unspecified atom stereocenters. The van der Waals surface area contributed by atoms with Gasteiger partial charge in [-0.25, -0.2) is 8.42 Å². The van der Waals surface area contributed by atoms with Gasteiger partial charge in [0.05, 0.1) is 5.92 Å². The Hall–Kier alpha value is -2.99. The Balaban J connectivity index is 1.74. The normalized spacial score (nSPS) is 14.2. The minimum atomic E-state index is -3.46. The number of hydrogen-bond acceptors (Lipinski definition) is 5. The van der Waals surface area contributed by atoms with Crippen LogP contribution in [0.4, 0.5) is 0 Å². The van der Waals surface area contributed by atoms with Gasteiger partial charge in [-0.2, -0.15) is 10.2 Å². The molecule has 130 valence electrons. The number of sulfone groups is 1. The Labute approximate surface area is 151 Å². The van der Waals surface area contributed by atoms with Gasteiger partial charge in [0, 0.05) is 18.7 Å².